The lowest BCUT2D eigenvalue weighted by molar-refractivity contribution is -0.896. The Morgan fingerprint density at radius 1 is 1.20 bits per heavy atom. The molecule has 5 heteroatoms. The van der Waals surface area contributed by atoms with Crippen molar-refractivity contribution in [2.24, 2.45) is 0 Å². The average molecular weight is 276 g/mol. The van der Waals surface area contributed by atoms with Gasteiger partial charge in [-0.1, -0.05) is 6.07 Å². The van der Waals surface area contributed by atoms with Crippen LogP contribution < -0.4 is 15.5 Å². The largest absolute Gasteiger partial charge is 0.355 e. The third kappa shape index (κ3) is 4.06. The van der Waals surface area contributed by atoms with E-state index in [-0.39, 0.29) is 11.8 Å². The smallest absolute Gasteiger partial charge is 0.279 e. The molecule has 5 nitrogen and oxygen atoms in total. The lowest BCUT2D eigenvalue weighted by atomic mass is 10.1. The third-order valence-electron chi connectivity index (χ3n) is 3.61. The molecule has 1 aliphatic rings. The van der Waals surface area contributed by atoms with Gasteiger partial charge in [-0.25, -0.2) is 0 Å². The summed E-state index contributed by atoms with van der Waals surface area (Å²) in [7, 11) is 1.59. The van der Waals surface area contributed by atoms with E-state index >= 15 is 0 Å². The number of piperidine rings is 1. The fourth-order valence-corrected chi connectivity index (χ4v) is 2.54. The maximum Gasteiger partial charge on any atom is 0.279 e. The highest BCUT2D eigenvalue weighted by molar-refractivity contribution is 5.97. The summed E-state index contributed by atoms with van der Waals surface area (Å²) in [5.41, 5.74) is 1.23. The van der Waals surface area contributed by atoms with Crippen molar-refractivity contribution in [1.29, 1.82) is 0 Å². The first kappa shape index (κ1) is 14.5. The number of carbonyl (C=O) groups excluding carboxylic acids is 2. The van der Waals surface area contributed by atoms with Gasteiger partial charge in [-0.3, -0.25) is 9.59 Å². The van der Waals surface area contributed by atoms with Crippen LogP contribution in [0.1, 0.15) is 29.6 Å². The molecular weight excluding hydrogens is 254 g/mol. The third-order valence-corrected chi connectivity index (χ3v) is 3.61. The van der Waals surface area contributed by atoms with Crippen molar-refractivity contribution < 1.29 is 14.5 Å². The van der Waals surface area contributed by atoms with Crippen LogP contribution in [-0.4, -0.2) is 38.5 Å². The molecule has 108 valence electrons. The Morgan fingerprint density at radius 2 is 1.95 bits per heavy atom. The second-order valence-corrected chi connectivity index (χ2v) is 5.20. The molecular formula is C15H22N3O2+. The van der Waals surface area contributed by atoms with Gasteiger partial charge in [-0.05, 0) is 37.5 Å². The maximum atomic E-state index is 12.0. The maximum absolute atomic E-state index is 12.0. The summed E-state index contributed by atoms with van der Waals surface area (Å²) in [5.74, 6) is -0.140. The predicted octanol–water partition coefficient (Wildman–Crippen LogP) is 0.0535. The Balaban J connectivity index is 1.91. The van der Waals surface area contributed by atoms with E-state index in [0.717, 1.165) is 13.1 Å². The van der Waals surface area contributed by atoms with Crippen LogP contribution in [-0.2, 0) is 4.79 Å². The van der Waals surface area contributed by atoms with Crippen LogP contribution in [0.4, 0.5) is 5.69 Å². The fraction of sp³-hybridized carbons (Fsp3) is 0.467. The number of hydrogen-bond donors (Lipinski definition) is 3. The minimum absolute atomic E-state index is 0.0101. The van der Waals surface area contributed by atoms with Gasteiger partial charge in [-0.2, -0.15) is 0 Å². The van der Waals surface area contributed by atoms with Gasteiger partial charge in [0.1, 0.15) is 0 Å². The van der Waals surface area contributed by atoms with Crippen LogP contribution >= 0.6 is 0 Å². The minimum atomic E-state index is -0.150. The van der Waals surface area contributed by atoms with Crippen LogP contribution in [0.2, 0.25) is 0 Å². The van der Waals surface area contributed by atoms with E-state index in [1.807, 2.05) is 0 Å². The summed E-state index contributed by atoms with van der Waals surface area (Å²) >= 11 is 0. The lowest BCUT2D eigenvalue weighted by Crippen LogP contribution is -3.13. The van der Waals surface area contributed by atoms with Gasteiger partial charge in [-0.15, -0.1) is 0 Å². The zero-order chi connectivity index (χ0) is 14.4. The molecule has 0 aliphatic carbocycles. The first-order valence-electron chi connectivity index (χ1n) is 7.14. The molecule has 1 aromatic carbocycles. The van der Waals surface area contributed by atoms with Gasteiger partial charge >= 0.3 is 0 Å². The van der Waals surface area contributed by atoms with Gasteiger partial charge in [0.2, 0.25) is 0 Å². The molecule has 0 unspecified atom stereocenters. The molecule has 1 aliphatic heterocycles. The molecule has 1 fully saturated rings. The molecule has 2 amide bonds. The number of rotatable bonds is 4. The zero-order valence-electron chi connectivity index (χ0n) is 11.9. The number of hydrogen-bond acceptors (Lipinski definition) is 2. The molecule has 0 spiro atoms. The lowest BCUT2D eigenvalue weighted by Gasteiger charge is -2.22. The van der Waals surface area contributed by atoms with Crippen molar-refractivity contribution >= 4 is 17.5 Å². The minimum Gasteiger partial charge on any atom is -0.355 e. The summed E-state index contributed by atoms with van der Waals surface area (Å²) in [6.45, 7) is 2.65. The number of anilines is 1. The summed E-state index contributed by atoms with van der Waals surface area (Å²) in [6.07, 6.45) is 3.68. The molecule has 1 saturated heterocycles. The van der Waals surface area contributed by atoms with E-state index in [9.17, 15) is 9.59 Å². The second-order valence-electron chi connectivity index (χ2n) is 5.20. The van der Waals surface area contributed by atoms with Crippen LogP contribution in [0.3, 0.4) is 0 Å². The molecule has 0 radical (unpaired) electrons. The number of carbonyl (C=O) groups is 2. The molecule has 0 aromatic heterocycles. The van der Waals surface area contributed by atoms with Crippen molar-refractivity contribution in [2.45, 2.75) is 19.3 Å². The van der Waals surface area contributed by atoms with Crippen LogP contribution in [0.25, 0.3) is 0 Å². The van der Waals surface area contributed by atoms with E-state index < -0.39 is 0 Å². The van der Waals surface area contributed by atoms with Crippen molar-refractivity contribution in [1.82, 2.24) is 5.32 Å². The van der Waals surface area contributed by atoms with Gasteiger partial charge in [0.15, 0.2) is 6.54 Å². The van der Waals surface area contributed by atoms with Gasteiger partial charge in [0, 0.05) is 18.3 Å². The van der Waals surface area contributed by atoms with Crippen molar-refractivity contribution in [3.63, 3.8) is 0 Å². The van der Waals surface area contributed by atoms with E-state index in [4.69, 9.17) is 0 Å². The molecule has 3 N–H and O–H groups in total. The highest BCUT2D eigenvalue weighted by Crippen LogP contribution is 2.10. The first-order valence-corrected chi connectivity index (χ1v) is 7.14. The molecule has 1 aromatic rings. The van der Waals surface area contributed by atoms with E-state index in [1.54, 1.807) is 31.3 Å². The summed E-state index contributed by atoms with van der Waals surface area (Å²) < 4.78 is 0. The number of amides is 2. The van der Waals surface area contributed by atoms with Gasteiger partial charge in [0.25, 0.3) is 11.8 Å². The zero-order valence-corrected chi connectivity index (χ0v) is 11.9. The van der Waals surface area contributed by atoms with Crippen LogP contribution in [0, 0.1) is 0 Å². The van der Waals surface area contributed by atoms with E-state index in [0.29, 0.717) is 17.8 Å². The topological polar surface area (TPSA) is 62.6 Å². The van der Waals surface area contributed by atoms with Crippen LogP contribution in [0.15, 0.2) is 24.3 Å². The molecule has 2 rings (SSSR count). The molecule has 0 bridgehead atoms. The number of nitrogens with one attached hydrogen (secondary N) is 3. The standard InChI is InChI=1S/C15H21N3O2/c1-16-15(20)12-6-5-7-13(10-12)17-14(19)11-18-8-3-2-4-9-18/h5-7,10H,2-4,8-9,11H2,1H3,(H,16,20)(H,17,19)/p+1. The average Bonchev–Trinajstić information content (AvgIpc) is 2.47. The van der Waals surface area contributed by atoms with Crippen LogP contribution in [0.5, 0.6) is 0 Å². The number of likely N-dealkylation sites (tertiary alicyclic amines) is 1. The molecule has 20 heavy (non-hydrogen) atoms. The number of benzene rings is 1. The Labute approximate surface area is 119 Å². The van der Waals surface area contributed by atoms with Crippen molar-refractivity contribution in [3.8, 4) is 0 Å². The Morgan fingerprint density at radius 3 is 2.65 bits per heavy atom. The van der Waals surface area contributed by atoms with E-state index in [2.05, 4.69) is 10.6 Å². The molecule has 1 heterocycles. The quantitative estimate of drug-likeness (QED) is 0.728. The van der Waals surface area contributed by atoms with Gasteiger partial charge < -0.3 is 15.5 Å². The highest BCUT2D eigenvalue weighted by Gasteiger charge is 2.17. The summed E-state index contributed by atoms with van der Waals surface area (Å²) in [4.78, 5) is 24.9. The Bertz CT molecular complexity index is 482. The summed E-state index contributed by atoms with van der Waals surface area (Å²) in [6, 6.07) is 7.00. The monoisotopic (exact) mass is 276 g/mol. The van der Waals surface area contributed by atoms with Crippen molar-refractivity contribution in [2.75, 3.05) is 32.0 Å². The van der Waals surface area contributed by atoms with Crippen molar-refractivity contribution in [3.05, 3.63) is 29.8 Å². The second kappa shape index (κ2) is 7.05. The first-order chi connectivity index (χ1) is 9.69. The Hall–Kier alpha value is -1.88. The van der Waals surface area contributed by atoms with Gasteiger partial charge in [0.05, 0.1) is 13.1 Å². The highest BCUT2D eigenvalue weighted by atomic mass is 16.2. The predicted molar refractivity (Wildman–Crippen MR) is 77.9 cm³/mol. The Kier molecular flexibility index (Phi) is 5.12. The fourth-order valence-electron chi connectivity index (χ4n) is 2.54. The molecule has 0 saturated carbocycles. The van der Waals surface area contributed by atoms with E-state index in [1.165, 1.54) is 24.2 Å². The summed E-state index contributed by atoms with van der Waals surface area (Å²) in [5, 5.41) is 5.44. The SMILES string of the molecule is CNC(=O)c1cccc(NC(=O)C[NH+]2CCCCC2)c1. The normalized spacial score (nSPS) is 15.7. The molecule has 0 atom stereocenters. The number of quaternary nitrogens is 1.